The fourth-order valence-electron chi connectivity index (χ4n) is 3.12. The van der Waals surface area contributed by atoms with E-state index in [4.69, 9.17) is 9.47 Å². The highest BCUT2D eigenvalue weighted by Gasteiger charge is 2.18. The summed E-state index contributed by atoms with van der Waals surface area (Å²) in [5.74, 6) is 1.89. The predicted octanol–water partition coefficient (Wildman–Crippen LogP) is 4.23. The third-order valence-corrected chi connectivity index (χ3v) is 4.84. The Kier molecular flexibility index (Phi) is 6.20. The number of rotatable bonds is 6. The van der Waals surface area contributed by atoms with Gasteiger partial charge in [-0.15, -0.1) is 10.2 Å². The zero-order valence-corrected chi connectivity index (χ0v) is 16.8. The summed E-state index contributed by atoms with van der Waals surface area (Å²) in [4.78, 5) is 12.3. The molecule has 154 valence electrons. The van der Waals surface area contributed by atoms with Gasteiger partial charge in [0.1, 0.15) is 11.5 Å². The maximum Gasteiger partial charge on any atom is 0.272 e. The first-order chi connectivity index (χ1) is 14.7. The number of anilines is 2. The van der Waals surface area contributed by atoms with E-state index in [2.05, 4.69) is 20.8 Å². The lowest BCUT2D eigenvalue weighted by Crippen LogP contribution is -2.39. The number of nitrogens with one attached hydrogen (secondary N) is 2. The highest BCUT2D eigenvalue weighted by Crippen LogP contribution is 2.24. The highest BCUT2D eigenvalue weighted by atomic mass is 16.5. The number of carbonyl (C=O) groups is 1. The summed E-state index contributed by atoms with van der Waals surface area (Å²) >= 11 is 0. The van der Waals surface area contributed by atoms with Crippen LogP contribution in [0.3, 0.4) is 0 Å². The minimum absolute atomic E-state index is 0.131. The van der Waals surface area contributed by atoms with Crippen molar-refractivity contribution >= 4 is 17.4 Å². The molecule has 0 radical (unpaired) electrons. The van der Waals surface area contributed by atoms with Crippen molar-refractivity contribution < 1.29 is 14.3 Å². The van der Waals surface area contributed by atoms with Gasteiger partial charge in [-0.2, -0.15) is 0 Å². The molecule has 7 heteroatoms. The van der Waals surface area contributed by atoms with Crippen LogP contribution in [0.1, 0.15) is 28.9 Å². The van der Waals surface area contributed by atoms with E-state index in [0.717, 1.165) is 30.0 Å². The molecule has 7 nitrogen and oxygen atoms in total. The molecule has 30 heavy (non-hydrogen) atoms. The second kappa shape index (κ2) is 9.37. The number of benzene rings is 2. The monoisotopic (exact) mass is 404 g/mol. The zero-order chi connectivity index (χ0) is 20.8. The van der Waals surface area contributed by atoms with Crippen LogP contribution in [0.25, 0.3) is 0 Å². The topological polar surface area (TPSA) is 85.4 Å². The van der Waals surface area contributed by atoms with Crippen LogP contribution in [0.5, 0.6) is 11.5 Å². The summed E-state index contributed by atoms with van der Waals surface area (Å²) in [7, 11) is 0. The first-order valence-corrected chi connectivity index (χ1v) is 10.00. The molecule has 1 fully saturated rings. The zero-order valence-electron chi connectivity index (χ0n) is 16.8. The minimum atomic E-state index is -0.210. The van der Waals surface area contributed by atoms with E-state index in [1.807, 2.05) is 55.5 Å². The second-order valence-corrected chi connectivity index (χ2v) is 7.23. The van der Waals surface area contributed by atoms with Crippen LogP contribution in [0.15, 0.2) is 60.7 Å². The Morgan fingerprint density at radius 2 is 1.60 bits per heavy atom. The van der Waals surface area contributed by atoms with Crippen molar-refractivity contribution in [1.82, 2.24) is 15.5 Å². The normalized spacial score (nSPS) is 14.2. The largest absolute Gasteiger partial charge is 0.457 e. The summed E-state index contributed by atoms with van der Waals surface area (Å²) < 4.78 is 11.1. The lowest BCUT2D eigenvalue weighted by atomic mass is 10.1. The molecular formula is C23H24N4O3. The number of nitrogens with zero attached hydrogens (tertiary/aromatic N) is 2. The number of hydrogen-bond donors (Lipinski definition) is 2. The number of hydrogen-bond acceptors (Lipinski definition) is 6. The van der Waals surface area contributed by atoms with E-state index in [0.29, 0.717) is 24.7 Å². The van der Waals surface area contributed by atoms with Gasteiger partial charge in [-0.25, -0.2) is 0 Å². The summed E-state index contributed by atoms with van der Waals surface area (Å²) in [5.41, 5.74) is 2.34. The highest BCUT2D eigenvalue weighted by molar-refractivity contribution is 5.92. The Hall–Kier alpha value is -3.45. The van der Waals surface area contributed by atoms with Crippen molar-refractivity contribution in [3.8, 4) is 11.5 Å². The van der Waals surface area contributed by atoms with Crippen LogP contribution >= 0.6 is 0 Å². The molecule has 1 saturated heterocycles. The molecule has 2 aromatic carbocycles. The molecule has 2 N–H and O–H groups in total. The van der Waals surface area contributed by atoms with E-state index < -0.39 is 0 Å². The van der Waals surface area contributed by atoms with E-state index in [1.54, 1.807) is 12.1 Å². The summed E-state index contributed by atoms with van der Waals surface area (Å²) in [5, 5.41) is 14.3. The first-order valence-electron chi connectivity index (χ1n) is 10.00. The molecule has 1 aliphatic heterocycles. The minimum Gasteiger partial charge on any atom is -0.457 e. The van der Waals surface area contributed by atoms with Gasteiger partial charge >= 0.3 is 0 Å². The van der Waals surface area contributed by atoms with Crippen molar-refractivity contribution in [2.75, 3.05) is 18.5 Å². The van der Waals surface area contributed by atoms with E-state index in [9.17, 15) is 4.79 Å². The SMILES string of the molecule is Cc1ccc(Oc2ccc(Nc3ccc(C(=O)NC4CCOCC4)nn3)cc2)cc1. The number of amides is 1. The molecule has 1 aliphatic rings. The van der Waals surface area contributed by atoms with Crippen molar-refractivity contribution in [2.24, 2.45) is 0 Å². The van der Waals surface area contributed by atoms with Crippen LogP contribution < -0.4 is 15.4 Å². The molecule has 2 heterocycles. The third kappa shape index (κ3) is 5.33. The predicted molar refractivity (Wildman–Crippen MR) is 114 cm³/mol. The molecule has 3 aromatic rings. The Bertz CT molecular complexity index is 967. The molecular weight excluding hydrogens is 380 g/mol. The van der Waals surface area contributed by atoms with Crippen molar-refractivity contribution in [2.45, 2.75) is 25.8 Å². The number of aromatic nitrogens is 2. The molecule has 0 spiro atoms. The summed E-state index contributed by atoms with van der Waals surface area (Å²) in [6.07, 6.45) is 1.64. The van der Waals surface area contributed by atoms with Crippen LogP contribution in [-0.2, 0) is 4.74 Å². The molecule has 1 amide bonds. The molecule has 1 aromatic heterocycles. The first kappa shape index (κ1) is 19.8. The van der Waals surface area contributed by atoms with Gasteiger partial charge in [0, 0.05) is 24.9 Å². The van der Waals surface area contributed by atoms with Gasteiger partial charge in [-0.05, 0) is 68.3 Å². The Morgan fingerprint density at radius 3 is 2.23 bits per heavy atom. The fourth-order valence-corrected chi connectivity index (χ4v) is 3.12. The van der Waals surface area contributed by atoms with Crippen molar-refractivity contribution in [3.05, 3.63) is 71.9 Å². The molecule has 4 rings (SSSR count). The average Bonchev–Trinajstić information content (AvgIpc) is 2.78. The Balaban J connectivity index is 1.32. The molecule has 0 atom stereocenters. The molecule has 0 bridgehead atoms. The van der Waals surface area contributed by atoms with Gasteiger partial charge in [-0.3, -0.25) is 4.79 Å². The second-order valence-electron chi connectivity index (χ2n) is 7.23. The maximum atomic E-state index is 12.3. The van der Waals surface area contributed by atoms with Crippen LogP contribution in [-0.4, -0.2) is 35.4 Å². The Labute approximate surface area is 175 Å². The Morgan fingerprint density at radius 1 is 0.933 bits per heavy atom. The van der Waals surface area contributed by atoms with E-state index >= 15 is 0 Å². The van der Waals surface area contributed by atoms with Crippen LogP contribution in [0.2, 0.25) is 0 Å². The average molecular weight is 404 g/mol. The standard InChI is InChI=1S/C23H24N4O3/c1-16-2-6-19(7-3-16)30-20-8-4-17(5-9-20)24-22-11-10-21(26-27-22)23(28)25-18-12-14-29-15-13-18/h2-11,18H,12-15H2,1H3,(H,24,27)(H,25,28). The van der Waals surface area contributed by atoms with Gasteiger partial charge in [0.15, 0.2) is 11.5 Å². The number of carbonyl (C=O) groups excluding carboxylic acids is 1. The number of aryl methyl sites for hydroxylation is 1. The summed E-state index contributed by atoms with van der Waals surface area (Å²) in [6, 6.07) is 19.0. The third-order valence-electron chi connectivity index (χ3n) is 4.84. The molecule has 0 saturated carbocycles. The lowest BCUT2D eigenvalue weighted by Gasteiger charge is -2.22. The maximum absolute atomic E-state index is 12.3. The van der Waals surface area contributed by atoms with Crippen LogP contribution in [0, 0.1) is 6.92 Å². The molecule has 0 aliphatic carbocycles. The number of ether oxygens (including phenoxy) is 2. The lowest BCUT2D eigenvalue weighted by molar-refractivity contribution is 0.0693. The van der Waals surface area contributed by atoms with Crippen molar-refractivity contribution in [1.29, 1.82) is 0 Å². The van der Waals surface area contributed by atoms with E-state index in [-0.39, 0.29) is 11.9 Å². The molecule has 0 unspecified atom stereocenters. The van der Waals surface area contributed by atoms with Crippen molar-refractivity contribution in [3.63, 3.8) is 0 Å². The smallest absolute Gasteiger partial charge is 0.272 e. The van der Waals surface area contributed by atoms with Gasteiger partial charge < -0.3 is 20.1 Å². The van der Waals surface area contributed by atoms with Gasteiger partial charge in [0.25, 0.3) is 5.91 Å². The quantitative estimate of drug-likeness (QED) is 0.640. The van der Waals surface area contributed by atoms with Gasteiger partial charge in [0.2, 0.25) is 0 Å². The summed E-state index contributed by atoms with van der Waals surface area (Å²) in [6.45, 7) is 3.39. The van der Waals surface area contributed by atoms with E-state index in [1.165, 1.54) is 5.56 Å². The van der Waals surface area contributed by atoms with Crippen LogP contribution in [0.4, 0.5) is 11.5 Å². The van der Waals surface area contributed by atoms with Gasteiger partial charge in [0.05, 0.1) is 0 Å². The van der Waals surface area contributed by atoms with Gasteiger partial charge in [-0.1, -0.05) is 17.7 Å². The fraction of sp³-hybridized carbons (Fsp3) is 0.261.